The molecule has 0 aromatic carbocycles. The zero-order valence-electron chi connectivity index (χ0n) is 9.44. The van der Waals surface area contributed by atoms with Crippen molar-refractivity contribution >= 4 is 31.5 Å². The first-order chi connectivity index (χ1) is 7.16. The van der Waals surface area contributed by atoms with Crippen LogP contribution in [0.25, 0.3) is 0 Å². The van der Waals surface area contributed by atoms with Gasteiger partial charge in [0.15, 0.2) is 0 Å². The van der Waals surface area contributed by atoms with E-state index >= 15 is 0 Å². The minimum Gasteiger partial charge on any atom is -0.229 e. The lowest BCUT2D eigenvalue weighted by molar-refractivity contribution is 0.562. The predicted octanol–water partition coefficient (Wildman–Crippen LogP) is 0.358. The Bertz CT molecular complexity index is 390. The topological polar surface area (TPSA) is 80.3 Å². The molecule has 1 atom stereocenters. The first-order valence-corrected chi connectivity index (χ1v) is 9.15. The molecule has 0 rings (SSSR count). The summed E-state index contributed by atoms with van der Waals surface area (Å²) in [6, 6.07) is -0.601. The van der Waals surface area contributed by atoms with E-state index in [4.69, 9.17) is 11.6 Å². The number of sulfone groups is 1. The number of unbranched alkanes of at least 4 members (excludes halogenated alkanes) is 1. The second kappa shape index (κ2) is 6.78. The lowest BCUT2D eigenvalue weighted by Crippen LogP contribution is -2.38. The molecule has 5 nitrogen and oxygen atoms in total. The van der Waals surface area contributed by atoms with E-state index in [1.165, 1.54) is 6.92 Å². The monoisotopic (exact) mass is 291 g/mol. The Balaban J connectivity index is 4.16. The van der Waals surface area contributed by atoms with Crippen molar-refractivity contribution in [3.8, 4) is 0 Å². The number of hydrogen-bond donors (Lipinski definition) is 1. The summed E-state index contributed by atoms with van der Waals surface area (Å²) in [5.41, 5.74) is 0. The van der Waals surface area contributed by atoms with Crippen molar-refractivity contribution in [2.45, 2.75) is 25.8 Å². The second-order valence-electron chi connectivity index (χ2n) is 3.83. The van der Waals surface area contributed by atoms with Crippen molar-refractivity contribution in [3.63, 3.8) is 0 Å². The summed E-state index contributed by atoms with van der Waals surface area (Å²) in [5, 5.41) is 0. The zero-order chi connectivity index (χ0) is 12.8. The average molecular weight is 292 g/mol. The number of rotatable bonds is 8. The maximum atomic E-state index is 11.5. The van der Waals surface area contributed by atoms with Crippen LogP contribution in [0.15, 0.2) is 0 Å². The van der Waals surface area contributed by atoms with Crippen LogP contribution in [0.1, 0.15) is 19.8 Å². The van der Waals surface area contributed by atoms with Crippen molar-refractivity contribution < 1.29 is 16.8 Å². The fourth-order valence-corrected chi connectivity index (χ4v) is 3.92. The normalized spacial score (nSPS) is 14.9. The molecule has 0 radical (unpaired) electrons. The standard InChI is InChI=1S/C8H18ClNO4S2/c1-8(7-15(2,11)12)10-16(13,14)6-4-3-5-9/h8,10H,3-7H2,1-2H3. The highest BCUT2D eigenvalue weighted by Gasteiger charge is 2.17. The molecule has 0 heterocycles. The lowest BCUT2D eigenvalue weighted by Gasteiger charge is -2.12. The SMILES string of the molecule is CC(CS(C)(=O)=O)NS(=O)(=O)CCCCCl. The minimum absolute atomic E-state index is 0.0200. The molecule has 0 saturated heterocycles. The van der Waals surface area contributed by atoms with Crippen LogP contribution in [0, 0.1) is 0 Å². The highest BCUT2D eigenvalue weighted by atomic mass is 35.5. The fourth-order valence-electron chi connectivity index (χ4n) is 1.24. The fraction of sp³-hybridized carbons (Fsp3) is 1.00. The molecular weight excluding hydrogens is 274 g/mol. The molecule has 0 aliphatic rings. The third kappa shape index (κ3) is 9.38. The van der Waals surface area contributed by atoms with Gasteiger partial charge in [0.1, 0.15) is 9.84 Å². The molecule has 16 heavy (non-hydrogen) atoms. The Labute approximate surface area is 103 Å². The van der Waals surface area contributed by atoms with Gasteiger partial charge in [-0.1, -0.05) is 0 Å². The van der Waals surface area contributed by atoms with Gasteiger partial charge in [-0.2, -0.15) is 0 Å². The van der Waals surface area contributed by atoms with Crippen molar-refractivity contribution in [1.82, 2.24) is 4.72 Å². The smallest absolute Gasteiger partial charge is 0.211 e. The van der Waals surface area contributed by atoms with E-state index in [0.29, 0.717) is 18.7 Å². The zero-order valence-corrected chi connectivity index (χ0v) is 11.8. The van der Waals surface area contributed by atoms with Crippen LogP contribution in [0.5, 0.6) is 0 Å². The summed E-state index contributed by atoms with van der Waals surface area (Å²) >= 11 is 5.43. The van der Waals surface area contributed by atoms with E-state index in [0.717, 1.165) is 6.26 Å². The molecular formula is C8H18ClNO4S2. The molecule has 1 N–H and O–H groups in total. The molecule has 0 fully saturated rings. The number of sulfonamides is 1. The highest BCUT2D eigenvalue weighted by molar-refractivity contribution is 7.91. The van der Waals surface area contributed by atoms with Crippen molar-refractivity contribution in [3.05, 3.63) is 0 Å². The molecule has 0 aromatic heterocycles. The number of nitrogens with one attached hydrogen (secondary N) is 1. The Kier molecular flexibility index (Phi) is 6.84. The molecule has 0 spiro atoms. The molecule has 98 valence electrons. The number of alkyl halides is 1. The van der Waals surface area contributed by atoms with E-state index in [-0.39, 0.29) is 11.5 Å². The molecule has 0 saturated carbocycles. The Morgan fingerprint density at radius 3 is 2.19 bits per heavy atom. The third-order valence-electron chi connectivity index (χ3n) is 1.73. The van der Waals surface area contributed by atoms with E-state index in [2.05, 4.69) is 4.72 Å². The molecule has 0 aliphatic carbocycles. The minimum atomic E-state index is -3.40. The van der Waals surface area contributed by atoms with E-state index in [1.807, 2.05) is 0 Å². The third-order valence-corrected chi connectivity index (χ3v) is 4.69. The van der Waals surface area contributed by atoms with Crippen molar-refractivity contribution in [2.75, 3.05) is 23.6 Å². The molecule has 8 heteroatoms. The number of halogens is 1. The summed E-state index contributed by atoms with van der Waals surface area (Å²) in [6.45, 7) is 1.53. The highest BCUT2D eigenvalue weighted by Crippen LogP contribution is 1.99. The van der Waals surface area contributed by atoms with Gasteiger partial charge in [0.05, 0.1) is 11.5 Å². The predicted molar refractivity (Wildman–Crippen MR) is 66.0 cm³/mol. The van der Waals surface area contributed by atoms with Crippen LogP contribution < -0.4 is 4.72 Å². The summed E-state index contributed by atoms with van der Waals surface area (Å²) in [6.07, 6.45) is 2.18. The van der Waals surface area contributed by atoms with Gasteiger partial charge in [-0.25, -0.2) is 21.6 Å². The van der Waals surface area contributed by atoms with Crippen LogP contribution >= 0.6 is 11.6 Å². The first-order valence-electron chi connectivity index (χ1n) is 4.90. The van der Waals surface area contributed by atoms with Crippen molar-refractivity contribution in [2.24, 2.45) is 0 Å². The van der Waals surface area contributed by atoms with E-state index < -0.39 is 25.9 Å². The van der Waals surface area contributed by atoms with E-state index in [1.54, 1.807) is 0 Å². The molecule has 0 aromatic rings. The van der Waals surface area contributed by atoms with Gasteiger partial charge in [-0.15, -0.1) is 11.6 Å². The summed E-state index contributed by atoms with van der Waals surface area (Å²) in [4.78, 5) is 0. The molecule has 1 unspecified atom stereocenters. The van der Waals surface area contributed by atoms with Crippen LogP contribution in [0.2, 0.25) is 0 Å². The summed E-state index contributed by atoms with van der Waals surface area (Å²) < 4.78 is 47.1. The average Bonchev–Trinajstić information content (AvgIpc) is 1.98. The maximum Gasteiger partial charge on any atom is 0.211 e. The van der Waals surface area contributed by atoms with E-state index in [9.17, 15) is 16.8 Å². The van der Waals surface area contributed by atoms with Crippen LogP contribution in [0.3, 0.4) is 0 Å². The summed E-state index contributed by atoms with van der Waals surface area (Å²) in [7, 11) is -6.57. The van der Waals surface area contributed by atoms with Gasteiger partial charge in [-0.3, -0.25) is 0 Å². The van der Waals surface area contributed by atoms with Crippen LogP contribution in [0.4, 0.5) is 0 Å². The van der Waals surface area contributed by atoms with Gasteiger partial charge in [0.2, 0.25) is 10.0 Å². The maximum absolute atomic E-state index is 11.5. The largest absolute Gasteiger partial charge is 0.229 e. The van der Waals surface area contributed by atoms with Gasteiger partial charge in [-0.05, 0) is 19.8 Å². The van der Waals surface area contributed by atoms with Gasteiger partial charge in [0.25, 0.3) is 0 Å². The Morgan fingerprint density at radius 1 is 1.19 bits per heavy atom. The Hall–Kier alpha value is 0.150. The van der Waals surface area contributed by atoms with Crippen LogP contribution in [-0.4, -0.2) is 46.5 Å². The molecule has 0 aliphatic heterocycles. The first kappa shape index (κ1) is 16.1. The van der Waals surface area contributed by atoms with Gasteiger partial charge in [0, 0.05) is 18.2 Å². The quantitative estimate of drug-likeness (QED) is 0.517. The number of hydrogen-bond acceptors (Lipinski definition) is 4. The lowest BCUT2D eigenvalue weighted by atomic mass is 10.4. The van der Waals surface area contributed by atoms with Crippen molar-refractivity contribution in [1.29, 1.82) is 0 Å². The second-order valence-corrected chi connectivity index (χ2v) is 8.26. The molecule has 0 amide bonds. The van der Waals surface area contributed by atoms with Gasteiger partial charge >= 0.3 is 0 Å². The summed E-state index contributed by atoms with van der Waals surface area (Å²) in [5.74, 6) is 0.212. The molecule has 0 bridgehead atoms. The van der Waals surface area contributed by atoms with Gasteiger partial charge < -0.3 is 0 Å². The Morgan fingerprint density at radius 2 is 1.75 bits per heavy atom. The van der Waals surface area contributed by atoms with Crippen LogP contribution in [-0.2, 0) is 19.9 Å².